The van der Waals surface area contributed by atoms with Crippen molar-refractivity contribution in [2.45, 2.75) is 38.8 Å². The van der Waals surface area contributed by atoms with Crippen LogP contribution in [0.5, 0.6) is 5.75 Å². The molecule has 5 nitrogen and oxygen atoms in total. The van der Waals surface area contributed by atoms with Gasteiger partial charge < -0.3 is 20.9 Å². The maximum absolute atomic E-state index is 12.4. The molecule has 1 aromatic rings. The predicted octanol–water partition coefficient (Wildman–Crippen LogP) is 1.86. The number of phenols is 1. The van der Waals surface area contributed by atoms with E-state index in [1.54, 1.807) is 12.1 Å². The maximum Gasteiger partial charge on any atom is 0.245 e. The molecule has 0 spiro atoms. The smallest absolute Gasteiger partial charge is 0.245 e. The van der Waals surface area contributed by atoms with Crippen molar-refractivity contribution in [1.82, 2.24) is 0 Å². The minimum atomic E-state index is -0.940. The summed E-state index contributed by atoms with van der Waals surface area (Å²) >= 11 is 0. The average molecular weight is 278 g/mol. The molecule has 1 aliphatic rings. The Bertz CT molecular complexity index is 498. The monoisotopic (exact) mass is 278 g/mol. The van der Waals surface area contributed by atoms with Gasteiger partial charge in [-0.25, -0.2) is 0 Å². The van der Waals surface area contributed by atoms with Gasteiger partial charge in [-0.15, -0.1) is 0 Å². The summed E-state index contributed by atoms with van der Waals surface area (Å²) in [6.45, 7) is 6.45. The second kappa shape index (κ2) is 5.07. The Morgan fingerprint density at radius 1 is 1.45 bits per heavy atom. The highest BCUT2D eigenvalue weighted by atomic mass is 16.5. The molecule has 1 aromatic carbocycles. The van der Waals surface area contributed by atoms with Gasteiger partial charge in [0.1, 0.15) is 11.3 Å². The van der Waals surface area contributed by atoms with Crippen LogP contribution in [-0.4, -0.2) is 29.3 Å². The van der Waals surface area contributed by atoms with E-state index in [0.29, 0.717) is 18.7 Å². The molecule has 0 saturated heterocycles. The Kier molecular flexibility index (Phi) is 3.75. The number of anilines is 1. The Labute approximate surface area is 119 Å². The van der Waals surface area contributed by atoms with Crippen molar-refractivity contribution >= 4 is 11.6 Å². The highest BCUT2D eigenvalue weighted by molar-refractivity contribution is 5.99. The number of nitrogens with one attached hydrogen (secondary N) is 1. The van der Waals surface area contributed by atoms with Crippen LogP contribution >= 0.6 is 0 Å². The molecule has 20 heavy (non-hydrogen) atoms. The lowest BCUT2D eigenvalue weighted by molar-refractivity contribution is -0.166. The van der Waals surface area contributed by atoms with Crippen molar-refractivity contribution < 1.29 is 14.6 Å². The molecule has 110 valence electrons. The number of hydrogen-bond acceptors (Lipinski definition) is 4. The lowest BCUT2D eigenvalue weighted by Gasteiger charge is -2.57. The predicted molar refractivity (Wildman–Crippen MR) is 77.5 cm³/mol. The first-order valence-electron chi connectivity index (χ1n) is 6.82. The third-order valence-electron chi connectivity index (χ3n) is 4.36. The van der Waals surface area contributed by atoms with Crippen molar-refractivity contribution in [1.29, 1.82) is 0 Å². The molecule has 5 heteroatoms. The standard InChI is InChI=1S/C15H22N2O3/c1-4-20-12-9-15(16,14(12,2)3)13(19)17-10-5-7-11(18)8-6-10/h5-8,12,18H,4,9,16H2,1-3H3,(H,17,19). The van der Waals surface area contributed by atoms with Crippen LogP contribution < -0.4 is 11.1 Å². The average Bonchev–Trinajstić information content (AvgIpc) is 2.40. The van der Waals surface area contributed by atoms with Gasteiger partial charge in [0, 0.05) is 24.1 Å². The molecule has 0 radical (unpaired) electrons. The zero-order valence-electron chi connectivity index (χ0n) is 12.1. The quantitative estimate of drug-likeness (QED) is 0.734. The van der Waals surface area contributed by atoms with Crippen LogP contribution in [0.1, 0.15) is 27.2 Å². The van der Waals surface area contributed by atoms with E-state index < -0.39 is 11.0 Å². The van der Waals surface area contributed by atoms with Gasteiger partial charge in [-0.2, -0.15) is 0 Å². The van der Waals surface area contributed by atoms with Crippen LogP contribution in [0.15, 0.2) is 24.3 Å². The highest BCUT2D eigenvalue weighted by Crippen LogP contribution is 2.50. The molecule has 0 aliphatic heterocycles. The van der Waals surface area contributed by atoms with Crippen molar-refractivity contribution in [3.8, 4) is 5.75 Å². The van der Waals surface area contributed by atoms with Crippen LogP contribution in [0.3, 0.4) is 0 Å². The Morgan fingerprint density at radius 3 is 2.55 bits per heavy atom. The fraction of sp³-hybridized carbons (Fsp3) is 0.533. The summed E-state index contributed by atoms with van der Waals surface area (Å²) in [5.74, 6) is -0.0602. The van der Waals surface area contributed by atoms with Crippen molar-refractivity contribution in [3.63, 3.8) is 0 Å². The first-order valence-corrected chi connectivity index (χ1v) is 6.82. The molecule has 2 unspecified atom stereocenters. The number of nitrogens with two attached hydrogens (primary N) is 1. The van der Waals surface area contributed by atoms with Crippen LogP contribution in [0.4, 0.5) is 5.69 Å². The largest absolute Gasteiger partial charge is 0.508 e. The van der Waals surface area contributed by atoms with Gasteiger partial charge in [0.05, 0.1) is 6.10 Å². The summed E-state index contributed by atoms with van der Waals surface area (Å²) in [6, 6.07) is 6.33. The Balaban J connectivity index is 2.08. The van der Waals surface area contributed by atoms with E-state index in [2.05, 4.69) is 5.32 Å². The Morgan fingerprint density at radius 2 is 2.05 bits per heavy atom. The second-order valence-corrected chi connectivity index (χ2v) is 5.84. The molecular formula is C15H22N2O3. The SMILES string of the molecule is CCOC1CC(N)(C(=O)Nc2ccc(O)cc2)C1(C)C. The minimum Gasteiger partial charge on any atom is -0.508 e. The molecule has 1 saturated carbocycles. The molecule has 1 aliphatic carbocycles. The Hall–Kier alpha value is -1.59. The van der Waals surface area contributed by atoms with E-state index in [4.69, 9.17) is 10.5 Å². The number of carbonyl (C=O) groups is 1. The zero-order valence-corrected chi connectivity index (χ0v) is 12.1. The molecule has 0 aromatic heterocycles. The van der Waals surface area contributed by atoms with Crippen LogP contribution in [0.25, 0.3) is 0 Å². The highest BCUT2D eigenvalue weighted by Gasteiger charge is 2.62. The number of carbonyl (C=O) groups excluding carboxylic acids is 1. The summed E-state index contributed by atoms with van der Waals surface area (Å²) in [5, 5.41) is 12.0. The van der Waals surface area contributed by atoms with Crippen LogP contribution in [0, 0.1) is 5.41 Å². The number of amides is 1. The van der Waals surface area contributed by atoms with Gasteiger partial charge in [0.2, 0.25) is 5.91 Å². The second-order valence-electron chi connectivity index (χ2n) is 5.84. The van der Waals surface area contributed by atoms with E-state index in [-0.39, 0.29) is 17.8 Å². The molecule has 1 fully saturated rings. The van der Waals surface area contributed by atoms with Crippen molar-refractivity contribution in [3.05, 3.63) is 24.3 Å². The number of hydrogen-bond donors (Lipinski definition) is 3. The fourth-order valence-corrected chi connectivity index (χ4v) is 2.61. The zero-order chi connectivity index (χ0) is 15.0. The first kappa shape index (κ1) is 14.8. The summed E-state index contributed by atoms with van der Waals surface area (Å²) in [7, 11) is 0. The topological polar surface area (TPSA) is 84.6 Å². The van der Waals surface area contributed by atoms with Gasteiger partial charge >= 0.3 is 0 Å². The van der Waals surface area contributed by atoms with E-state index in [9.17, 15) is 9.90 Å². The van der Waals surface area contributed by atoms with Gasteiger partial charge in [-0.1, -0.05) is 13.8 Å². The third kappa shape index (κ3) is 2.27. The normalized spacial score (nSPS) is 27.7. The molecule has 0 heterocycles. The number of ether oxygens (including phenoxy) is 1. The summed E-state index contributed by atoms with van der Waals surface area (Å²) in [4.78, 5) is 12.4. The fourth-order valence-electron chi connectivity index (χ4n) is 2.61. The molecule has 2 atom stereocenters. The molecule has 1 amide bonds. The third-order valence-corrected chi connectivity index (χ3v) is 4.36. The lowest BCUT2D eigenvalue weighted by atomic mass is 9.54. The van der Waals surface area contributed by atoms with Gasteiger partial charge in [-0.3, -0.25) is 4.79 Å². The molecule has 4 N–H and O–H groups in total. The summed E-state index contributed by atoms with van der Waals surface area (Å²) in [5.41, 5.74) is 5.55. The van der Waals surface area contributed by atoms with Gasteiger partial charge in [-0.05, 0) is 31.2 Å². The molecule has 2 rings (SSSR count). The number of aromatic hydroxyl groups is 1. The van der Waals surface area contributed by atoms with E-state index in [1.165, 1.54) is 12.1 Å². The van der Waals surface area contributed by atoms with Crippen LogP contribution in [-0.2, 0) is 9.53 Å². The molecule has 0 bridgehead atoms. The number of rotatable bonds is 4. The van der Waals surface area contributed by atoms with Gasteiger partial charge in [0.25, 0.3) is 0 Å². The van der Waals surface area contributed by atoms with E-state index >= 15 is 0 Å². The molecular weight excluding hydrogens is 256 g/mol. The van der Waals surface area contributed by atoms with Crippen LogP contribution in [0.2, 0.25) is 0 Å². The maximum atomic E-state index is 12.4. The number of benzene rings is 1. The first-order chi connectivity index (χ1) is 9.31. The summed E-state index contributed by atoms with van der Waals surface area (Å²) < 4.78 is 5.61. The lowest BCUT2D eigenvalue weighted by Crippen LogP contribution is -2.74. The van der Waals surface area contributed by atoms with Crippen molar-refractivity contribution in [2.75, 3.05) is 11.9 Å². The number of phenolic OH excluding ortho intramolecular Hbond substituents is 1. The van der Waals surface area contributed by atoms with E-state index in [1.807, 2.05) is 20.8 Å². The van der Waals surface area contributed by atoms with Gasteiger partial charge in [0.15, 0.2) is 0 Å². The summed E-state index contributed by atoms with van der Waals surface area (Å²) in [6.07, 6.45) is 0.515. The van der Waals surface area contributed by atoms with E-state index in [0.717, 1.165) is 0 Å². The minimum absolute atomic E-state index is 0.00284. The van der Waals surface area contributed by atoms with Crippen molar-refractivity contribution in [2.24, 2.45) is 11.1 Å².